The van der Waals surface area contributed by atoms with Gasteiger partial charge in [0.15, 0.2) is 6.61 Å². The molecule has 1 aromatic rings. The predicted molar refractivity (Wildman–Crippen MR) is 64.8 cm³/mol. The topological polar surface area (TPSA) is 84.6 Å². The SMILES string of the molecule is NC(=O)COc1ccc(CNCC(O)C(F)F)cc1. The van der Waals surface area contributed by atoms with E-state index in [9.17, 15) is 13.6 Å². The number of rotatable bonds is 8. The molecule has 19 heavy (non-hydrogen) atoms. The summed E-state index contributed by atoms with van der Waals surface area (Å²) < 4.78 is 29.1. The fraction of sp³-hybridized carbons (Fsp3) is 0.417. The highest BCUT2D eigenvalue weighted by Gasteiger charge is 2.15. The standard InChI is InChI=1S/C12H16F2N2O3/c13-12(14)10(17)6-16-5-8-1-3-9(4-2-8)19-7-11(15)18/h1-4,10,12,16-17H,5-7H2,(H2,15,18). The third kappa shape index (κ3) is 6.12. The number of carbonyl (C=O) groups is 1. The number of alkyl halides is 2. The summed E-state index contributed by atoms with van der Waals surface area (Å²) in [5.74, 6) is -0.0677. The predicted octanol–water partition coefficient (Wildman–Crippen LogP) is 0.266. The molecule has 7 heteroatoms. The molecular formula is C12H16F2N2O3. The van der Waals surface area contributed by atoms with E-state index in [0.717, 1.165) is 5.56 Å². The van der Waals surface area contributed by atoms with Crippen LogP contribution in [0.5, 0.6) is 5.75 Å². The third-order valence-electron chi connectivity index (χ3n) is 2.28. The van der Waals surface area contributed by atoms with Crippen LogP contribution in [0.3, 0.4) is 0 Å². The molecule has 0 aromatic heterocycles. The molecular weight excluding hydrogens is 258 g/mol. The number of aliphatic hydroxyl groups excluding tert-OH is 1. The summed E-state index contributed by atoms with van der Waals surface area (Å²) in [6.07, 6.45) is -4.42. The van der Waals surface area contributed by atoms with Gasteiger partial charge in [-0.25, -0.2) is 8.78 Å². The van der Waals surface area contributed by atoms with Crippen molar-refractivity contribution in [3.8, 4) is 5.75 Å². The van der Waals surface area contributed by atoms with Gasteiger partial charge < -0.3 is 20.9 Å². The van der Waals surface area contributed by atoms with Crippen LogP contribution in [-0.4, -0.2) is 36.7 Å². The summed E-state index contributed by atoms with van der Waals surface area (Å²) in [7, 11) is 0. The van der Waals surface area contributed by atoms with E-state index in [1.54, 1.807) is 24.3 Å². The van der Waals surface area contributed by atoms with E-state index in [1.165, 1.54) is 0 Å². The van der Waals surface area contributed by atoms with Crippen molar-refractivity contribution in [3.63, 3.8) is 0 Å². The Morgan fingerprint density at radius 3 is 2.53 bits per heavy atom. The molecule has 106 valence electrons. The highest BCUT2D eigenvalue weighted by atomic mass is 19.3. The number of carbonyl (C=O) groups excluding carboxylic acids is 1. The van der Waals surface area contributed by atoms with Gasteiger partial charge >= 0.3 is 0 Å². The Morgan fingerprint density at radius 2 is 2.00 bits per heavy atom. The highest BCUT2D eigenvalue weighted by molar-refractivity contribution is 5.75. The molecule has 0 aliphatic rings. The Kier molecular flexibility index (Phi) is 6.17. The molecule has 1 aromatic carbocycles. The van der Waals surface area contributed by atoms with Crippen LogP contribution in [0, 0.1) is 0 Å². The number of ether oxygens (including phenoxy) is 1. The summed E-state index contributed by atoms with van der Waals surface area (Å²) >= 11 is 0. The molecule has 4 N–H and O–H groups in total. The fourth-order valence-electron chi connectivity index (χ4n) is 1.31. The molecule has 0 fully saturated rings. The van der Waals surface area contributed by atoms with Gasteiger partial charge in [0.25, 0.3) is 12.3 Å². The Bertz CT molecular complexity index is 398. The van der Waals surface area contributed by atoms with Crippen LogP contribution in [-0.2, 0) is 11.3 Å². The molecule has 0 saturated heterocycles. The van der Waals surface area contributed by atoms with Crippen molar-refractivity contribution in [1.29, 1.82) is 0 Å². The van der Waals surface area contributed by atoms with Crippen LogP contribution in [0.1, 0.15) is 5.56 Å². The first-order valence-electron chi connectivity index (χ1n) is 5.66. The maximum atomic E-state index is 12.0. The lowest BCUT2D eigenvalue weighted by molar-refractivity contribution is -0.119. The van der Waals surface area contributed by atoms with E-state index >= 15 is 0 Å². The molecule has 0 spiro atoms. The summed E-state index contributed by atoms with van der Waals surface area (Å²) in [6, 6.07) is 6.73. The maximum Gasteiger partial charge on any atom is 0.265 e. The molecule has 0 saturated carbocycles. The average Bonchev–Trinajstić information content (AvgIpc) is 2.37. The summed E-state index contributed by atoms with van der Waals surface area (Å²) in [5.41, 5.74) is 5.77. The number of nitrogens with two attached hydrogens (primary N) is 1. The van der Waals surface area contributed by atoms with Gasteiger partial charge in [0.05, 0.1) is 0 Å². The number of primary amides is 1. The molecule has 1 rings (SSSR count). The van der Waals surface area contributed by atoms with Crippen LogP contribution in [0.25, 0.3) is 0 Å². The lowest BCUT2D eigenvalue weighted by Crippen LogP contribution is -2.31. The van der Waals surface area contributed by atoms with Gasteiger partial charge in [0.2, 0.25) is 0 Å². The first-order valence-corrected chi connectivity index (χ1v) is 5.66. The average molecular weight is 274 g/mol. The zero-order chi connectivity index (χ0) is 14.3. The van der Waals surface area contributed by atoms with Gasteiger partial charge in [0, 0.05) is 13.1 Å². The molecule has 0 radical (unpaired) electrons. The van der Waals surface area contributed by atoms with Crippen LogP contribution < -0.4 is 15.8 Å². The van der Waals surface area contributed by atoms with Gasteiger partial charge in [-0.2, -0.15) is 0 Å². The fourth-order valence-corrected chi connectivity index (χ4v) is 1.31. The molecule has 0 aliphatic heterocycles. The molecule has 5 nitrogen and oxygen atoms in total. The van der Waals surface area contributed by atoms with Crippen molar-refractivity contribution in [2.75, 3.05) is 13.2 Å². The minimum Gasteiger partial charge on any atom is -0.484 e. The second-order valence-electron chi connectivity index (χ2n) is 3.93. The van der Waals surface area contributed by atoms with Gasteiger partial charge in [-0.15, -0.1) is 0 Å². The Morgan fingerprint density at radius 1 is 1.37 bits per heavy atom. The summed E-state index contributed by atoms with van der Waals surface area (Å²) in [4.78, 5) is 10.5. The zero-order valence-corrected chi connectivity index (χ0v) is 10.2. The number of hydrogen-bond acceptors (Lipinski definition) is 4. The first-order chi connectivity index (χ1) is 8.99. The largest absolute Gasteiger partial charge is 0.484 e. The number of amides is 1. The Hall–Kier alpha value is -1.73. The van der Waals surface area contributed by atoms with Crippen molar-refractivity contribution in [1.82, 2.24) is 5.32 Å². The Labute approximate surface area is 109 Å². The third-order valence-corrected chi connectivity index (χ3v) is 2.28. The van der Waals surface area contributed by atoms with Gasteiger partial charge in [-0.3, -0.25) is 4.79 Å². The van der Waals surface area contributed by atoms with Crippen molar-refractivity contribution in [2.24, 2.45) is 5.73 Å². The van der Waals surface area contributed by atoms with E-state index in [-0.39, 0.29) is 13.2 Å². The maximum absolute atomic E-state index is 12.0. The Balaban J connectivity index is 2.34. The van der Waals surface area contributed by atoms with Crippen molar-refractivity contribution in [2.45, 2.75) is 19.1 Å². The monoisotopic (exact) mass is 274 g/mol. The van der Waals surface area contributed by atoms with Crippen molar-refractivity contribution >= 4 is 5.91 Å². The zero-order valence-electron chi connectivity index (χ0n) is 10.2. The van der Waals surface area contributed by atoms with Gasteiger partial charge in [-0.05, 0) is 17.7 Å². The summed E-state index contributed by atoms with van der Waals surface area (Å²) in [5, 5.41) is 11.6. The normalized spacial score (nSPS) is 12.4. The number of nitrogens with one attached hydrogen (secondary N) is 1. The van der Waals surface area contributed by atoms with E-state index in [0.29, 0.717) is 12.3 Å². The van der Waals surface area contributed by atoms with E-state index in [4.69, 9.17) is 15.6 Å². The van der Waals surface area contributed by atoms with E-state index < -0.39 is 18.4 Å². The van der Waals surface area contributed by atoms with Crippen LogP contribution >= 0.6 is 0 Å². The number of benzene rings is 1. The smallest absolute Gasteiger partial charge is 0.265 e. The summed E-state index contributed by atoms with van der Waals surface area (Å²) in [6.45, 7) is -0.0321. The molecule has 1 amide bonds. The highest BCUT2D eigenvalue weighted by Crippen LogP contribution is 2.12. The minimum absolute atomic E-state index is 0.183. The van der Waals surface area contributed by atoms with Crippen molar-refractivity contribution < 1.29 is 23.4 Å². The van der Waals surface area contributed by atoms with E-state index in [1.807, 2.05) is 0 Å². The van der Waals surface area contributed by atoms with Crippen LogP contribution in [0.4, 0.5) is 8.78 Å². The lowest BCUT2D eigenvalue weighted by Gasteiger charge is -2.11. The molecule has 0 aliphatic carbocycles. The molecule has 0 heterocycles. The molecule has 0 bridgehead atoms. The molecule has 1 atom stereocenters. The van der Waals surface area contributed by atoms with Gasteiger partial charge in [0.1, 0.15) is 11.9 Å². The van der Waals surface area contributed by atoms with Crippen LogP contribution in [0.15, 0.2) is 24.3 Å². The number of halogens is 2. The van der Waals surface area contributed by atoms with Crippen LogP contribution in [0.2, 0.25) is 0 Å². The number of hydrogen-bond donors (Lipinski definition) is 3. The van der Waals surface area contributed by atoms with Crippen molar-refractivity contribution in [3.05, 3.63) is 29.8 Å². The first kappa shape index (κ1) is 15.3. The quantitative estimate of drug-likeness (QED) is 0.635. The second kappa shape index (κ2) is 7.65. The second-order valence-corrected chi connectivity index (χ2v) is 3.93. The number of aliphatic hydroxyl groups is 1. The van der Waals surface area contributed by atoms with Gasteiger partial charge in [-0.1, -0.05) is 12.1 Å². The van der Waals surface area contributed by atoms with E-state index in [2.05, 4.69) is 5.32 Å². The minimum atomic E-state index is -2.75. The lowest BCUT2D eigenvalue weighted by atomic mass is 10.2. The molecule has 1 unspecified atom stereocenters.